The van der Waals surface area contributed by atoms with Crippen molar-refractivity contribution in [1.82, 2.24) is 19.9 Å². The minimum atomic E-state index is -0.581. The molecule has 1 aromatic carbocycles. The standard InChI is InChI=1S/C22H20ClFN6O2S/c1-11(2)27-22-26-9-12-7-15(20(31)28-19(12)29-22)14-5-4-6-16(18(14)24)30-33-17-8-13(23)10-25-21(17)32-3/h4-11,30H,1-3H3,(H2,26,27,28,29,31). The van der Waals surface area contributed by atoms with Crippen molar-refractivity contribution in [3.05, 3.63) is 63.9 Å². The molecule has 0 atom stereocenters. The summed E-state index contributed by atoms with van der Waals surface area (Å²) in [6.45, 7) is 3.92. The molecule has 0 fully saturated rings. The van der Waals surface area contributed by atoms with Gasteiger partial charge in [0, 0.05) is 29.4 Å². The van der Waals surface area contributed by atoms with E-state index < -0.39 is 11.4 Å². The lowest BCUT2D eigenvalue weighted by Crippen LogP contribution is -2.14. The molecule has 4 aromatic rings. The summed E-state index contributed by atoms with van der Waals surface area (Å²) < 4.78 is 23.5. The number of hydrogen-bond donors (Lipinski definition) is 3. The van der Waals surface area contributed by atoms with Crippen molar-refractivity contribution in [3.63, 3.8) is 0 Å². The Bertz CT molecular complexity index is 1380. The van der Waals surface area contributed by atoms with Gasteiger partial charge in [0.05, 0.1) is 28.3 Å². The zero-order valence-corrected chi connectivity index (χ0v) is 19.5. The van der Waals surface area contributed by atoms with E-state index in [1.165, 1.54) is 13.3 Å². The number of halogens is 2. The molecule has 3 N–H and O–H groups in total. The third-order valence-corrected chi connectivity index (χ3v) is 5.59. The zero-order chi connectivity index (χ0) is 23.5. The Morgan fingerprint density at radius 1 is 1.18 bits per heavy atom. The van der Waals surface area contributed by atoms with Gasteiger partial charge in [0.1, 0.15) is 5.65 Å². The molecule has 33 heavy (non-hydrogen) atoms. The summed E-state index contributed by atoms with van der Waals surface area (Å²) >= 11 is 7.10. The molecule has 11 heteroatoms. The van der Waals surface area contributed by atoms with E-state index in [2.05, 4.69) is 30.0 Å². The molecule has 0 saturated heterocycles. The number of benzene rings is 1. The van der Waals surface area contributed by atoms with E-state index in [1.807, 2.05) is 13.8 Å². The zero-order valence-electron chi connectivity index (χ0n) is 17.9. The number of pyridine rings is 2. The summed E-state index contributed by atoms with van der Waals surface area (Å²) in [6.07, 6.45) is 3.05. The molecule has 0 unspecified atom stereocenters. The van der Waals surface area contributed by atoms with Gasteiger partial charge in [-0.3, -0.25) is 4.79 Å². The van der Waals surface area contributed by atoms with Crippen molar-refractivity contribution < 1.29 is 9.13 Å². The third kappa shape index (κ3) is 5.01. The summed E-state index contributed by atoms with van der Waals surface area (Å²) in [4.78, 5) is 28.7. The lowest BCUT2D eigenvalue weighted by molar-refractivity contribution is 0.387. The Morgan fingerprint density at radius 3 is 2.76 bits per heavy atom. The van der Waals surface area contributed by atoms with Gasteiger partial charge < -0.3 is 19.8 Å². The van der Waals surface area contributed by atoms with E-state index in [-0.39, 0.29) is 22.9 Å². The van der Waals surface area contributed by atoms with Crippen LogP contribution in [0.25, 0.3) is 22.2 Å². The van der Waals surface area contributed by atoms with E-state index >= 15 is 4.39 Å². The van der Waals surface area contributed by atoms with Gasteiger partial charge in [-0.2, -0.15) is 4.98 Å². The number of aromatic nitrogens is 4. The molecular formula is C22H20ClFN6O2S. The van der Waals surface area contributed by atoms with Crippen molar-refractivity contribution >= 4 is 46.2 Å². The number of anilines is 2. The van der Waals surface area contributed by atoms with Crippen molar-refractivity contribution in [2.24, 2.45) is 0 Å². The molecule has 0 amide bonds. The molecule has 0 bridgehead atoms. The van der Waals surface area contributed by atoms with Crippen LogP contribution in [0.4, 0.5) is 16.0 Å². The molecule has 0 aliphatic heterocycles. The largest absolute Gasteiger partial charge is 0.480 e. The van der Waals surface area contributed by atoms with Crippen LogP contribution in [-0.4, -0.2) is 33.1 Å². The third-order valence-electron chi connectivity index (χ3n) is 4.55. The second-order valence-corrected chi connectivity index (χ2v) is 8.63. The first-order chi connectivity index (χ1) is 15.9. The summed E-state index contributed by atoms with van der Waals surface area (Å²) in [5, 5.41) is 4.09. The highest BCUT2D eigenvalue weighted by atomic mass is 35.5. The fourth-order valence-corrected chi connectivity index (χ4v) is 4.09. The van der Waals surface area contributed by atoms with Crippen LogP contribution in [0, 0.1) is 5.82 Å². The molecular weight excluding hydrogens is 467 g/mol. The topological polar surface area (TPSA) is 105 Å². The van der Waals surface area contributed by atoms with Crippen molar-refractivity contribution in [2.45, 2.75) is 24.8 Å². The Balaban J connectivity index is 1.66. The number of methoxy groups -OCH3 is 1. The number of hydrogen-bond acceptors (Lipinski definition) is 8. The van der Waals surface area contributed by atoms with Crippen LogP contribution in [-0.2, 0) is 0 Å². The van der Waals surface area contributed by atoms with Gasteiger partial charge in [-0.25, -0.2) is 14.4 Å². The summed E-state index contributed by atoms with van der Waals surface area (Å²) in [6, 6.07) is 8.13. The van der Waals surface area contributed by atoms with Gasteiger partial charge in [-0.05, 0) is 44.0 Å². The highest BCUT2D eigenvalue weighted by Gasteiger charge is 2.16. The van der Waals surface area contributed by atoms with Crippen molar-refractivity contribution in [1.29, 1.82) is 0 Å². The highest BCUT2D eigenvalue weighted by molar-refractivity contribution is 8.00. The molecule has 0 radical (unpaired) electrons. The lowest BCUT2D eigenvalue weighted by Gasteiger charge is -2.12. The number of nitrogens with zero attached hydrogens (tertiary/aromatic N) is 3. The average molecular weight is 487 g/mol. The van der Waals surface area contributed by atoms with Crippen molar-refractivity contribution in [2.75, 3.05) is 17.1 Å². The minimum Gasteiger partial charge on any atom is -0.480 e. The Labute approximate surface area is 198 Å². The van der Waals surface area contributed by atoms with Crippen LogP contribution in [0.1, 0.15) is 13.8 Å². The number of aromatic amines is 1. The molecule has 0 aliphatic rings. The average Bonchev–Trinajstić information content (AvgIpc) is 2.78. The number of ether oxygens (including phenoxy) is 1. The van der Waals surface area contributed by atoms with Crippen LogP contribution in [0.2, 0.25) is 5.02 Å². The van der Waals surface area contributed by atoms with Gasteiger partial charge in [0.25, 0.3) is 5.56 Å². The molecule has 0 spiro atoms. The SMILES string of the molecule is COc1ncc(Cl)cc1SNc1cccc(-c2cc3cnc(NC(C)C)nc3[nH]c2=O)c1F. The Kier molecular flexibility index (Phi) is 6.66. The van der Waals surface area contributed by atoms with Crippen molar-refractivity contribution in [3.8, 4) is 17.0 Å². The minimum absolute atomic E-state index is 0.137. The van der Waals surface area contributed by atoms with E-state index in [0.29, 0.717) is 32.8 Å². The van der Waals surface area contributed by atoms with E-state index in [0.717, 1.165) is 11.9 Å². The molecule has 4 rings (SSSR count). The molecule has 0 aliphatic carbocycles. The second-order valence-electron chi connectivity index (χ2n) is 7.34. The maximum Gasteiger partial charge on any atom is 0.257 e. The van der Waals surface area contributed by atoms with Crippen LogP contribution in [0.3, 0.4) is 0 Å². The quantitative estimate of drug-likeness (QED) is 0.309. The summed E-state index contributed by atoms with van der Waals surface area (Å²) in [5.41, 5.74) is 0.411. The first-order valence-corrected chi connectivity index (χ1v) is 11.1. The maximum absolute atomic E-state index is 15.4. The van der Waals surface area contributed by atoms with Crippen LogP contribution in [0.5, 0.6) is 5.88 Å². The lowest BCUT2D eigenvalue weighted by atomic mass is 10.0. The second kappa shape index (κ2) is 9.63. The number of fused-ring (bicyclic) bond motifs is 1. The predicted molar refractivity (Wildman–Crippen MR) is 130 cm³/mol. The van der Waals surface area contributed by atoms with Gasteiger partial charge in [-0.15, -0.1) is 0 Å². The fraction of sp³-hybridized carbons (Fsp3) is 0.182. The van der Waals surface area contributed by atoms with E-state index in [9.17, 15) is 4.79 Å². The van der Waals surface area contributed by atoms with Gasteiger partial charge in [0.15, 0.2) is 5.82 Å². The normalized spacial score (nSPS) is 11.1. The first-order valence-electron chi connectivity index (χ1n) is 9.93. The van der Waals surface area contributed by atoms with Gasteiger partial charge in [0.2, 0.25) is 11.8 Å². The fourth-order valence-electron chi connectivity index (χ4n) is 3.08. The van der Waals surface area contributed by atoms with E-state index in [4.69, 9.17) is 16.3 Å². The first kappa shape index (κ1) is 22.8. The molecule has 170 valence electrons. The van der Waals surface area contributed by atoms with Crippen LogP contribution in [0.15, 0.2) is 52.4 Å². The number of rotatable bonds is 7. The maximum atomic E-state index is 15.4. The van der Waals surface area contributed by atoms with Crippen LogP contribution < -0.4 is 20.3 Å². The number of nitrogens with one attached hydrogen (secondary N) is 3. The molecule has 0 saturated carbocycles. The summed E-state index contributed by atoms with van der Waals surface area (Å²) in [5.74, 6) is 0.176. The monoisotopic (exact) mass is 486 g/mol. The molecule has 8 nitrogen and oxygen atoms in total. The van der Waals surface area contributed by atoms with Crippen LogP contribution >= 0.6 is 23.5 Å². The van der Waals surface area contributed by atoms with Gasteiger partial charge in [-0.1, -0.05) is 23.7 Å². The van der Waals surface area contributed by atoms with E-state index in [1.54, 1.807) is 36.5 Å². The smallest absolute Gasteiger partial charge is 0.257 e. The number of H-pyrrole nitrogens is 1. The molecule has 3 aromatic heterocycles. The van der Waals surface area contributed by atoms with Gasteiger partial charge >= 0.3 is 0 Å². The Morgan fingerprint density at radius 2 is 2.00 bits per heavy atom. The Hall–Kier alpha value is -3.37. The highest BCUT2D eigenvalue weighted by Crippen LogP contribution is 2.33. The predicted octanol–water partition coefficient (Wildman–Crippen LogP) is 5.12. The summed E-state index contributed by atoms with van der Waals surface area (Å²) in [7, 11) is 1.49. The molecule has 3 heterocycles.